The number of nitrogens with two attached hydrogens (primary N) is 1. The smallest absolute Gasteiger partial charge is 0.259 e. The number of nitrogens with zero attached hydrogens (tertiary/aromatic N) is 2. The summed E-state index contributed by atoms with van der Waals surface area (Å²) < 4.78 is 14.0. The molecule has 1 aliphatic heterocycles. The van der Waals surface area contributed by atoms with E-state index in [4.69, 9.17) is 5.73 Å². The molecule has 0 fully saturated rings. The monoisotopic (exact) mass is 336 g/mol. The number of nitrogens with one attached hydrogen (secondary N) is 1. The molecule has 1 aliphatic rings. The summed E-state index contributed by atoms with van der Waals surface area (Å²) in [5.41, 5.74) is 6.48. The van der Waals surface area contributed by atoms with Crippen molar-refractivity contribution in [3.8, 4) is 0 Å². The summed E-state index contributed by atoms with van der Waals surface area (Å²) >= 11 is 0. The number of carbonyl (C=O) groups excluding carboxylic acids is 1. The number of aromatic nitrogens is 2. The fourth-order valence-electron chi connectivity index (χ4n) is 2.93. The van der Waals surface area contributed by atoms with Gasteiger partial charge < -0.3 is 15.6 Å². The molecule has 6 nitrogen and oxygen atoms in total. The Morgan fingerprint density at radius 1 is 1.08 bits per heavy atom. The van der Waals surface area contributed by atoms with Crippen LogP contribution in [0.25, 0.3) is 16.5 Å². The molecule has 124 valence electrons. The van der Waals surface area contributed by atoms with Gasteiger partial charge in [-0.25, -0.2) is 9.37 Å². The van der Waals surface area contributed by atoms with Gasteiger partial charge >= 0.3 is 0 Å². The van der Waals surface area contributed by atoms with E-state index < -0.39 is 5.82 Å². The van der Waals surface area contributed by atoms with Crippen LogP contribution >= 0.6 is 0 Å². The Morgan fingerprint density at radius 3 is 2.60 bits per heavy atom. The van der Waals surface area contributed by atoms with Crippen LogP contribution in [0, 0.1) is 5.82 Å². The molecule has 0 atom stereocenters. The van der Waals surface area contributed by atoms with Gasteiger partial charge in [0.05, 0.1) is 23.1 Å². The summed E-state index contributed by atoms with van der Waals surface area (Å²) in [5, 5.41) is 0.418. The van der Waals surface area contributed by atoms with E-state index in [1.165, 1.54) is 17.0 Å². The van der Waals surface area contributed by atoms with Crippen molar-refractivity contribution >= 4 is 27.9 Å². The number of H-pyrrole nitrogens is 1. The lowest BCUT2D eigenvalue weighted by Crippen LogP contribution is -2.26. The highest BCUT2D eigenvalue weighted by atomic mass is 19.1. The lowest BCUT2D eigenvalue weighted by molar-refractivity contribution is -0.112. The van der Waals surface area contributed by atoms with Crippen LogP contribution < -0.4 is 16.2 Å². The fourth-order valence-corrected chi connectivity index (χ4v) is 2.93. The number of fused-ring (bicyclic) bond motifs is 1. The Kier molecular flexibility index (Phi) is 3.35. The highest BCUT2D eigenvalue weighted by Crippen LogP contribution is 2.30. The minimum absolute atomic E-state index is 0.0635. The summed E-state index contributed by atoms with van der Waals surface area (Å²) in [7, 11) is 0. The summed E-state index contributed by atoms with van der Waals surface area (Å²) in [6, 6.07) is 12.8. The topological polar surface area (TPSA) is 92.1 Å². The molecule has 25 heavy (non-hydrogen) atoms. The molecule has 0 saturated carbocycles. The molecule has 2 aromatic carbocycles. The first-order chi connectivity index (χ1) is 12.1. The van der Waals surface area contributed by atoms with Gasteiger partial charge in [0.15, 0.2) is 5.78 Å². The van der Waals surface area contributed by atoms with Gasteiger partial charge in [0, 0.05) is 0 Å². The van der Waals surface area contributed by atoms with Crippen LogP contribution in [-0.4, -0.2) is 22.3 Å². The van der Waals surface area contributed by atoms with Gasteiger partial charge in [0.1, 0.15) is 23.0 Å². The van der Waals surface area contributed by atoms with Crippen molar-refractivity contribution in [2.45, 2.75) is 0 Å². The second-order valence-corrected chi connectivity index (χ2v) is 5.65. The predicted molar refractivity (Wildman–Crippen MR) is 92.2 cm³/mol. The molecule has 3 N–H and O–H groups in total. The van der Waals surface area contributed by atoms with E-state index in [1.54, 1.807) is 36.4 Å². The second kappa shape index (κ2) is 5.55. The average Bonchev–Trinajstić information content (AvgIpc) is 2.89. The van der Waals surface area contributed by atoms with E-state index in [2.05, 4.69) is 9.97 Å². The quantitative estimate of drug-likeness (QED) is 0.744. The van der Waals surface area contributed by atoms with Crippen molar-refractivity contribution in [2.75, 3.05) is 11.4 Å². The number of anilines is 1. The largest absolute Gasteiger partial charge is 0.384 e. The Balaban J connectivity index is 1.88. The first-order valence-electron chi connectivity index (χ1n) is 7.60. The first kappa shape index (κ1) is 15.1. The minimum Gasteiger partial charge on any atom is -0.384 e. The number of halogens is 1. The minimum atomic E-state index is -0.487. The van der Waals surface area contributed by atoms with Crippen LogP contribution in [-0.2, 0) is 4.79 Å². The highest BCUT2D eigenvalue weighted by Gasteiger charge is 2.33. The molecule has 0 bridgehead atoms. The zero-order chi connectivity index (χ0) is 17.6. The normalized spacial score (nSPS) is 14.6. The predicted octanol–water partition coefficient (Wildman–Crippen LogP) is 1.78. The lowest BCUT2D eigenvalue weighted by Gasteiger charge is -2.19. The molecule has 2 heterocycles. The van der Waals surface area contributed by atoms with Crippen molar-refractivity contribution in [1.82, 2.24) is 9.97 Å². The third-order valence-corrected chi connectivity index (χ3v) is 4.12. The number of hydrogen-bond acceptors (Lipinski definition) is 5. The Bertz CT molecular complexity index is 1100. The van der Waals surface area contributed by atoms with E-state index in [0.717, 1.165) is 0 Å². The van der Waals surface area contributed by atoms with E-state index in [1.807, 2.05) is 0 Å². The molecule has 7 heteroatoms. The molecule has 0 aliphatic carbocycles. The second-order valence-electron chi connectivity index (χ2n) is 5.65. The molecular weight excluding hydrogens is 323 g/mol. The molecule has 0 spiro atoms. The zero-order valence-corrected chi connectivity index (χ0v) is 13.0. The van der Waals surface area contributed by atoms with Crippen molar-refractivity contribution in [3.63, 3.8) is 0 Å². The fraction of sp³-hybridized carbons (Fsp3) is 0.0556. The molecule has 0 radical (unpaired) electrons. The van der Waals surface area contributed by atoms with Gasteiger partial charge in [-0.2, -0.15) is 0 Å². The number of aromatic amines is 1. The summed E-state index contributed by atoms with van der Waals surface area (Å²) in [4.78, 5) is 33.0. The van der Waals surface area contributed by atoms with Crippen LogP contribution in [0.5, 0.6) is 0 Å². The van der Waals surface area contributed by atoms with Gasteiger partial charge in [-0.3, -0.25) is 9.59 Å². The van der Waals surface area contributed by atoms with Crippen molar-refractivity contribution in [3.05, 3.63) is 76.3 Å². The molecular formula is C18H13FN4O2. The molecule has 0 amide bonds. The van der Waals surface area contributed by atoms with E-state index in [9.17, 15) is 14.0 Å². The lowest BCUT2D eigenvalue weighted by atomic mass is 10.1. The van der Waals surface area contributed by atoms with E-state index in [-0.39, 0.29) is 40.8 Å². The zero-order valence-electron chi connectivity index (χ0n) is 13.0. The number of hydrogen-bond donors (Lipinski definition) is 2. The summed E-state index contributed by atoms with van der Waals surface area (Å²) in [6.07, 6.45) is 0. The van der Waals surface area contributed by atoms with Gasteiger partial charge in [-0.05, 0) is 24.3 Å². The SMILES string of the molecule is NC1=C(c2nc3ccccc3c(=O)[nH]2)C(=O)CN1c1ccccc1F. The molecule has 4 rings (SSSR count). The maximum Gasteiger partial charge on any atom is 0.259 e. The number of rotatable bonds is 2. The average molecular weight is 336 g/mol. The molecule has 0 unspecified atom stereocenters. The molecule has 3 aromatic rings. The van der Waals surface area contributed by atoms with Gasteiger partial charge in [0.2, 0.25) is 0 Å². The molecule has 1 aromatic heterocycles. The number of carbonyl (C=O) groups is 1. The first-order valence-corrected chi connectivity index (χ1v) is 7.60. The Hall–Kier alpha value is -3.48. The standard InChI is InChI=1S/C18H13FN4O2/c19-11-6-2-4-8-13(11)23-9-14(24)15(16(23)20)17-21-12-7-3-1-5-10(12)18(25)22-17/h1-8H,9,20H2,(H,21,22,25). The highest BCUT2D eigenvalue weighted by molar-refractivity contribution is 6.25. The van der Waals surface area contributed by atoms with Crippen molar-refractivity contribution in [2.24, 2.45) is 5.73 Å². The third-order valence-electron chi connectivity index (χ3n) is 4.12. The van der Waals surface area contributed by atoms with Crippen LogP contribution in [0.2, 0.25) is 0 Å². The Morgan fingerprint density at radius 2 is 1.80 bits per heavy atom. The molecule has 0 saturated heterocycles. The van der Waals surface area contributed by atoms with Crippen molar-refractivity contribution in [1.29, 1.82) is 0 Å². The number of Topliss-reactive ketones (excluding diaryl/α,β-unsaturated/α-hetero) is 1. The number of para-hydroxylation sites is 2. The third kappa shape index (κ3) is 2.37. The van der Waals surface area contributed by atoms with Crippen LogP contribution in [0.15, 0.2) is 59.1 Å². The van der Waals surface area contributed by atoms with E-state index >= 15 is 0 Å². The summed E-state index contributed by atoms with van der Waals surface area (Å²) in [6.45, 7) is -0.112. The van der Waals surface area contributed by atoms with Gasteiger partial charge in [-0.1, -0.05) is 24.3 Å². The maximum absolute atomic E-state index is 14.0. The van der Waals surface area contributed by atoms with Gasteiger partial charge in [0.25, 0.3) is 5.56 Å². The Labute approximate surface area is 141 Å². The van der Waals surface area contributed by atoms with Crippen LogP contribution in [0.3, 0.4) is 0 Å². The van der Waals surface area contributed by atoms with Crippen molar-refractivity contribution < 1.29 is 9.18 Å². The van der Waals surface area contributed by atoms with E-state index in [0.29, 0.717) is 10.9 Å². The van der Waals surface area contributed by atoms with Gasteiger partial charge in [-0.15, -0.1) is 0 Å². The number of benzene rings is 2. The number of ketones is 1. The maximum atomic E-state index is 14.0. The van der Waals surface area contributed by atoms with Crippen LogP contribution in [0.1, 0.15) is 5.82 Å². The van der Waals surface area contributed by atoms with Crippen LogP contribution in [0.4, 0.5) is 10.1 Å². The summed E-state index contributed by atoms with van der Waals surface area (Å²) in [5.74, 6) is -0.669.